The van der Waals surface area contributed by atoms with E-state index in [0.29, 0.717) is 42.4 Å². The fraction of sp³-hybridized carbons (Fsp3) is 0.524. The third-order valence-electron chi connectivity index (χ3n) is 5.05. The van der Waals surface area contributed by atoms with Gasteiger partial charge >= 0.3 is 0 Å². The monoisotopic (exact) mass is 400 g/mol. The van der Waals surface area contributed by atoms with E-state index in [-0.39, 0.29) is 24.4 Å². The lowest BCUT2D eigenvalue weighted by molar-refractivity contribution is -0.129. The van der Waals surface area contributed by atoms with E-state index in [1.165, 1.54) is 0 Å². The number of nitrogens with zero attached hydrogens (tertiary/aromatic N) is 3. The molecule has 1 aromatic carbocycles. The van der Waals surface area contributed by atoms with Gasteiger partial charge in [-0.3, -0.25) is 9.59 Å². The number of rotatable bonds is 8. The van der Waals surface area contributed by atoms with E-state index < -0.39 is 6.10 Å². The number of fused-ring (bicyclic) bond motifs is 1. The number of nitrogens with one attached hydrogen (secondary N) is 1. The summed E-state index contributed by atoms with van der Waals surface area (Å²) in [5, 5.41) is 6.77. The van der Waals surface area contributed by atoms with Crippen molar-refractivity contribution in [2.24, 2.45) is 0 Å². The van der Waals surface area contributed by atoms with Crippen molar-refractivity contribution >= 4 is 17.5 Å². The molecule has 0 radical (unpaired) electrons. The molecule has 1 N–H and O–H groups in total. The van der Waals surface area contributed by atoms with Crippen LogP contribution in [0.1, 0.15) is 51.2 Å². The van der Waals surface area contributed by atoms with E-state index in [9.17, 15) is 9.59 Å². The number of carbonyl (C=O) groups excluding carboxylic acids is 2. The number of para-hydroxylation sites is 2. The van der Waals surface area contributed by atoms with Crippen LogP contribution in [0.25, 0.3) is 0 Å². The third kappa shape index (κ3) is 5.13. The summed E-state index contributed by atoms with van der Waals surface area (Å²) < 4.78 is 11.0. The minimum atomic E-state index is -0.729. The SMILES string of the molecule is CCC(CC)NC(=O)C1CN(C(=O)CCCc2nc(C)no2)c2ccccc2O1. The quantitative estimate of drug-likeness (QED) is 0.732. The van der Waals surface area contributed by atoms with Crippen LogP contribution in [0.4, 0.5) is 5.69 Å². The Morgan fingerprint density at radius 3 is 2.72 bits per heavy atom. The highest BCUT2D eigenvalue weighted by Crippen LogP contribution is 2.33. The fourth-order valence-corrected chi connectivity index (χ4v) is 3.36. The van der Waals surface area contributed by atoms with E-state index in [1.54, 1.807) is 17.9 Å². The first-order valence-corrected chi connectivity index (χ1v) is 10.2. The van der Waals surface area contributed by atoms with Gasteiger partial charge in [0.25, 0.3) is 5.91 Å². The van der Waals surface area contributed by atoms with E-state index in [1.807, 2.05) is 32.0 Å². The van der Waals surface area contributed by atoms with Gasteiger partial charge in [0.05, 0.1) is 12.2 Å². The third-order valence-corrected chi connectivity index (χ3v) is 5.05. The van der Waals surface area contributed by atoms with Crippen LogP contribution < -0.4 is 15.0 Å². The molecule has 0 saturated carbocycles. The number of hydrogen-bond donors (Lipinski definition) is 1. The van der Waals surface area contributed by atoms with Crippen LogP contribution >= 0.6 is 0 Å². The molecule has 1 aliphatic rings. The standard InChI is InChI=1S/C21H28N4O4/c1-4-15(5-2)23-21(27)18-13-25(16-9-6-7-10-17(16)28-18)20(26)12-8-11-19-22-14(3)24-29-19/h6-7,9-10,15,18H,4-5,8,11-13H2,1-3H3,(H,23,27). The van der Waals surface area contributed by atoms with Crippen molar-refractivity contribution in [3.63, 3.8) is 0 Å². The predicted molar refractivity (Wildman–Crippen MR) is 108 cm³/mol. The van der Waals surface area contributed by atoms with Gasteiger partial charge in [-0.05, 0) is 38.3 Å². The molecule has 0 aliphatic carbocycles. The second-order valence-corrected chi connectivity index (χ2v) is 7.19. The summed E-state index contributed by atoms with van der Waals surface area (Å²) in [5.74, 6) is 1.41. The van der Waals surface area contributed by atoms with E-state index in [4.69, 9.17) is 9.26 Å². The Labute approximate surface area is 170 Å². The van der Waals surface area contributed by atoms with Gasteiger partial charge in [-0.15, -0.1) is 0 Å². The number of amides is 2. The van der Waals surface area contributed by atoms with Crippen LogP contribution in [-0.4, -0.2) is 40.6 Å². The van der Waals surface area contributed by atoms with Crippen molar-refractivity contribution in [2.45, 2.75) is 65.0 Å². The average molecular weight is 400 g/mol. The molecule has 0 spiro atoms. The molecule has 1 aliphatic heterocycles. The fourth-order valence-electron chi connectivity index (χ4n) is 3.36. The first-order chi connectivity index (χ1) is 14.0. The van der Waals surface area contributed by atoms with Crippen LogP contribution in [0.5, 0.6) is 5.75 Å². The lowest BCUT2D eigenvalue weighted by atomic mass is 10.1. The summed E-state index contributed by atoms with van der Waals surface area (Å²) in [5.41, 5.74) is 0.692. The van der Waals surface area contributed by atoms with Gasteiger partial charge in [0.15, 0.2) is 11.9 Å². The van der Waals surface area contributed by atoms with Crippen molar-refractivity contribution in [1.29, 1.82) is 0 Å². The molecule has 3 rings (SSSR count). The first kappa shape index (κ1) is 20.8. The van der Waals surface area contributed by atoms with E-state index in [2.05, 4.69) is 15.5 Å². The molecule has 8 nitrogen and oxygen atoms in total. The van der Waals surface area contributed by atoms with Crippen molar-refractivity contribution in [2.75, 3.05) is 11.4 Å². The molecule has 156 valence electrons. The van der Waals surface area contributed by atoms with Crippen LogP contribution in [-0.2, 0) is 16.0 Å². The number of benzene rings is 1. The Balaban J connectivity index is 1.67. The van der Waals surface area contributed by atoms with Crippen molar-refractivity contribution in [1.82, 2.24) is 15.5 Å². The van der Waals surface area contributed by atoms with Gasteiger partial charge in [-0.2, -0.15) is 4.98 Å². The Morgan fingerprint density at radius 2 is 2.03 bits per heavy atom. The predicted octanol–water partition coefficient (Wildman–Crippen LogP) is 2.80. The molecule has 1 atom stereocenters. The van der Waals surface area contributed by atoms with Crippen molar-refractivity contribution in [3.05, 3.63) is 36.0 Å². The minimum absolute atomic E-state index is 0.0580. The highest BCUT2D eigenvalue weighted by Gasteiger charge is 2.34. The van der Waals surface area contributed by atoms with Gasteiger partial charge in [-0.25, -0.2) is 0 Å². The maximum Gasteiger partial charge on any atom is 0.263 e. The maximum absolute atomic E-state index is 12.9. The zero-order chi connectivity index (χ0) is 20.8. The Kier molecular flexibility index (Phi) is 6.85. The highest BCUT2D eigenvalue weighted by atomic mass is 16.5. The molecular weight excluding hydrogens is 372 g/mol. The number of aromatic nitrogens is 2. The van der Waals surface area contributed by atoms with Crippen LogP contribution in [0.2, 0.25) is 0 Å². The molecule has 0 bridgehead atoms. The van der Waals surface area contributed by atoms with Gasteiger partial charge < -0.3 is 19.5 Å². The number of anilines is 1. The second-order valence-electron chi connectivity index (χ2n) is 7.19. The smallest absolute Gasteiger partial charge is 0.263 e. The lowest BCUT2D eigenvalue weighted by Gasteiger charge is -2.34. The first-order valence-electron chi connectivity index (χ1n) is 10.2. The van der Waals surface area contributed by atoms with Crippen LogP contribution in [0.3, 0.4) is 0 Å². The Morgan fingerprint density at radius 1 is 1.28 bits per heavy atom. The molecule has 1 aromatic heterocycles. The van der Waals surface area contributed by atoms with Gasteiger partial charge in [0.2, 0.25) is 11.8 Å². The Hall–Kier alpha value is -2.90. The van der Waals surface area contributed by atoms with E-state index in [0.717, 1.165) is 12.8 Å². The van der Waals surface area contributed by atoms with Gasteiger partial charge in [0.1, 0.15) is 5.75 Å². The number of aryl methyl sites for hydroxylation is 2. The number of ether oxygens (including phenoxy) is 1. The normalized spacial score (nSPS) is 15.7. The van der Waals surface area contributed by atoms with Crippen LogP contribution in [0, 0.1) is 6.92 Å². The molecule has 1 unspecified atom stereocenters. The molecule has 2 aromatic rings. The molecule has 2 heterocycles. The Bertz CT molecular complexity index is 847. The molecule has 8 heteroatoms. The molecule has 0 fully saturated rings. The molecule has 2 amide bonds. The summed E-state index contributed by atoms with van der Waals surface area (Å²) >= 11 is 0. The summed E-state index contributed by atoms with van der Waals surface area (Å²) in [4.78, 5) is 31.4. The number of hydrogen-bond acceptors (Lipinski definition) is 6. The largest absolute Gasteiger partial charge is 0.477 e. The summed E-state index contributed by atoms with van der Waals surface area (Å²) in [6.07, 6.45) is 2.42. The van der Waals surface area contributed by atoms with Crippen molar-refractivity contribution in [3.8, 4) is 5.75 Å². The van der Waals surface area contributed by atoms with Crippen LogP contribution in [0.15, 0.2) is 28.8 Å². The maximum atomic E-state index is 12.9. The van der Waals surface area contributed by atoms with Gasteiger partial charge in [-0.1, -0.05) is 31.1 Å². The summed E-state index contributed by atoms with van der Waals surface area (Å²) in [6, 6.07) is 7.41. The topological polar surface area (TPSA) is 97.6 Å². The van der Waals surface area contributed by atoms with Gasteiger partial charge in [0, 0.05) is 18.9 Å². The lowest BCUT2D eigenvalue weighted by Crippen LogP contribution is -2.52. The molecular formula is C21H28N4O4. The zero-order valence-corrected chi connectivity index (χ0v) is 17.2. The zero-order valence-electron chi connectivity index (χ0n) is 17.2. The average Bonchev–Trinajstić information content (AvgIpc) is 3.15. The number of carbonyl (C=O) groups is 2. The second kappa shape index (κ2) is 9.54. The molecule has 0 saturated heterocycles. The highest BCUT2D eigenvalue weighted by molar-refractivity contribution is 5.97. The van der Waals surface area contributed by atoms with Crippen molar-refractivity contribution < 1.29 is 18.8 Å². The summed E-state index contributed by atoms with van der Waals surface area (Å²) in [6.45, 7) is 6.02. The summed E-state index contributed by atoms with van der Waals surface area (Å²) in [7, 11) is 0. The molecule has 29 heavy (non-hydrogen) atoms. The van der Waals surface area contributed by atoms with E-state index >= 15 is 0 Å². The minimum Gasteiger partial charge on any atom is -0.477 e.